The molecule has 1 aromatic rings. The highest BCUT2D eigenvalue weighted by molar-refractivity contribution is 5.41. The fourth-order valence-corrected chi connectivity index (χ4v) is 2.52. The average molecular weight is 235 g/mol. The van der Waals surface area contributed by atoms with Crippen molar-refractivity contribution in [3.05, 3.63) is 23.8 Å². The Bertz CT molecular complexity index is 392. The second-order valence-electron chi connectivity index (χ2n) is 4.99. The Morgan fingerprint density at radius 2 is 2.24 bits per heavy atom. The van der Waals surface area contributed by atoms with E-state index in [4.69, 9.17) is 4.74 Å². The van der Waals surface area contributed by atoms with Crippen molar-refractivity contribution in [2.45, 2.75) is 26.3 Å². The second kappa shape index (κ2) is 4.96. The number of hydrogen-bond acceptors (Lipinski definition) is 3. The van der Waals surface area contributed by atoms with E-state index in [0.717, 1.165) is 24.6 Å². The van der Waals surface area contributed by atoms with Gasteiger partial charge in [0.2, 0.25) is 0 Å². The summed E-state index contributed by atoms with van der Waals surface area (Å²) in [5.41, 5.74) is 0.986. The number of aromatic hydroxyl groups is 1. The van der Waals surface area contributed by atoms with Crippen LogP contribution in [0.1, 0.15) is 31.9 Å². The van der Waals surface area contributed by atoms with Crippen molar-refractivity contribution in [1.29, 1.82) is 0 Å². The van der Waals surface area contributed by atoms with Crippen molar-refractivity contribution < 1.29 is 9.84 Å². The Morgan fingerprint density at radius 3 is 2.76 bits per heavy atom. The summed E-state index contributed by atoms with van der Waals surface area (Å²) >= 11 is 0. The molecular formula is C14H21NO2. The van der Waals surface area contributed by atoms with Crippen molar-refractivity contribution in [3.8, 4) is 11.5 Å². The summed E-state index contributed by atoms with van der Waals surface area (Å²) in [6, 6.07) is 5.82. The minimum Gasteiger partial charge on any atom is -0.507 e. The molecular weight excluding hydrogens is 214 g/mol. The van der Waals surface area contributed by atoms with Gasteiger partial charge < -0.3 is 9.84 Å². The highest BCUT2D eigenvalue weighted by Crippen LogP contribution is 2.34. The van der Waals surface area contributed by atoms with Crippen molar-refractivity contribution in [2.24, 2.45) is 5.92 Å². The lowest BCUT2D eigenvalue weighted by Gasteiger charge is -2.25. The highest BCUT2D eigenvalue weighted by Gasteiger charge is 2.25. The molecule has 2 rings (SSSR count). The van der Waals surface area contributed by atoms with Gasteiger partial charge >= 0.3 is 0 Å². The van der Waals surface area contributed by atoms with E-state index in [1.807, 2.05) is 12.1 Å². The van der Waals surface area contributed by atoms with Gasteiger partial charge in [0.05, 0.1) is 7.11 Å². The number of methoxy groups -OCH3 is 1. The minimum atomic E-state index is 0.269. The first-order chi connectivity index (χ1) is 8.11. The van der Waals surface area contributed by atoms with Crippen LogP contribution in [0.15, 0.2) is 18.2 Å². The van der Waals surface area contributed by atoms with Crippen LogP contribution in [0.2, 0.25) is 0 Å². The largest absolute Gasteiger partial charge is 0.507 e. The van der Waals surface area contributed by atoms with Gasteiger partial charge in [0.1, 0.15) is 11.5 Å². The van der Waals surface area contributed by atoms with Gasteiger partial charge in [0.25, 0.3) is 0 Å². The van der Waals surface area contributed by atoms with Crippen LogP contribution < -0.4 is 4.74 Å². The summed E-state index contributed by atoms with van der Waals surface area (Å²) in [4.78, 5) is 2.42. The second-order valence-corrected chi connectivity index (χ2v) is 4.99. The van der Waals surface area contributed by atoms with Crippen LogP contribution in [0, 0.1) is 5.92 Å². The van der Waals surface area contributed by atoms with Crippen LogP contribution in [0.4, 0.5) is 0 Å². The third-order valence-electron chi connectivity index (χ3n) is 3.69. The number of likely N-dealkylation sites (tertiary alicyclic amines) is 1. The van der Waals surface area contributed by atoms with Crippen LogP contribution in [0.25, 0.3) is 0 Å². The van der Waals surface area contributed by atoms with Crippen molar-refractivity contribution in [3.63, 3.8) is 0 Å². The molecule has 1 N–H and O–H groups in total. The monoisotopic (exact) mass is 235 g/mol. The fourth-order valence-electron chi connectivity index (χ4n) is 2.52. The van der Waals surface area contributed by atoms with E-state index in [9.17, 15) is 5.11 Å². The molecule has 1 aromatic carbocycles. The number of phenols is 1. The number of nitrogens with zero attached hydrogens (tertiary/aromatic N) is 1. The molecule has 3 nitrogen and oxygen atoms in total. The predicted molar refractivity (Wildman–Crippen MR) is 68.4 cm³/mol. The molecule has 0 aliphatic carbocycles. The predicted octanol–water partition coefficient (Wildman–Crippen LogP) is 2.80. The number of benzene rings is 1. The maximum absolute atomic E-state index is 10.0. The van der Waals surface area contributed by atoms with Crippen LogP contribution in [0.5, 0.6) is 11.5 Å². The highest BCUT2D eigenvalue weighted by atomic mass is 16.5. The molecule has 0 saturated carbocycles. The molecule has 0 radical (unpaired) electrons. The normalized spacial score (nSPS) is 22.6. The van der Waals surface area contributed by atoms with E-state index in [1.54, 1.807) is 13.2 Å². The van der Waals surface area contributed by atoms with Gasteiger partial charge in [-0.1, -0.05) is 13.0 Å². The molecule has 1 saturated heterocycles. The number of phenolic OH excluding ortho intramolecular Hbond substituents is 1. The summed E-state index contributed by atoms with van der Waals surface area (Å²) in [6.45, 7) is 6.67. The maximum Gasteiger partial charge on any atom is 0.124 e. The summed E-state index contributed by atoms with van der Waals surface area (Å²) in [7, 11) is 1.61. The van der Waals surface area contributed by atoms with Gasteiger partial charge in [0, 0.05) is 24.2 Å². The topological polar surface area (TPSA) is 32.7 Å². The quantitative estimate of drug-likeness (QED) is 0.874. The maximum atomic E-state index is 10.0. The van der Waals surface area contributed by atoms with E-state index in [2.05, 4.69) is 18.7 Å². The summed E-state index contributed by atoms with van der Waals surface area (Å²) in [5, 5.41) is 10.0. The first-order valence-corrected chi connectivity index (χ1v) is 6.22. The molecule has 3 heteroatoms. The average Bonchev–Trinajstić information content (AvgIpc) is 2.75. The van der Waals surface area contributed by atoms with E-state index >= 15 is 0 Å². The summed E-state index contributed by atoms with van der Waals surface area (Å²) in [6.07, 6.45) is 1.25. The van der Waals surface area contributed by atoms with Crippen LogP contribution >= 0.6 is 0 Å². The lowest BCUT2D eigenvalue weighted by atomic mass is 10.1. The SMILES string of the molecule is COc1ccc(C(C)N2CCC(C)C2)c(O)c1. The Labute approximate surface area is 103 Å². The lowest BCUT2D eigenvalue weighted by molar-refractivity contribution is 0.249. The first kappa shape index (κ1) is 12.2. The Hall–Kier alpha value is -1.22. The van der Waals surface area contributed by atoms with Gasteiger partial charge in [-0.2, -0.15) is 0 Å². The molecule has 0 bridgehead atoms. The molecule has 2 unspecified atom stereocenters. The van der Waals surface area contributed by atoms with E-state index < -0.39 is 0 Å². The molecule has 0 spiro atoms. The molecule has 94 valence electrons. The molecule has 1 fully saturated rings. The molecule has 0 amide bonds. The number of hydrogen-bond donors (Lipinski definition) is 1. The van der Waals surface area contributed by atoms with E-state index in [0.29, 0.717) is 11.5 Å². The van der Waals surface area contributed by atoms with E-state index in [1.165, 1.54) is 6.42 Å². The smallest absolute Gasteiger partial charge is 0.124 e. The van der Waals surface area contributed by atoms with Gasteiger partial charge in [-0.25, -0.2) is 0 Å². The standard InChI is InChI=1S/C14H21NO2/c1-10-6-7-15(9-10)11(2)13-5-4-12(17-3)8-14(13)16/h4-5,8,10-11,16H,6-7,9H2,1-3H3. The lowest BCUT2D eigenvalue weighted by Crippen LogP contribution is -2.24. The van der Waals surface area contributed by atoms with Gasteiger partial charge in [-0.05, 0) is 31.9 Å². The summed E-state index contributed by atoms with van der Waals surface area (Å²) < 4.78 is 5.10. The first-order valence-electron chi connectivity index (χ1n) is 6.22. The van der Waals surface area contributed by atoms with Crippen LogP contribution in [-0.2, 0) is 0 Å². The van der Waals surface area contributed by atoms with Crippen molar-refractivity contribution in [1.82, 2.24) is 4.90 Å². The van der Waals surface area contributed by atoms with Gasteiger partial charge in [0.15, 0.2) is 0 Å². The fraction of sp³-hybridized carbons (Fsp3) is 0.571. The Morgan fingerprint density at radius 1 is 1.47 bits per heavy atom. The number of ether oxygens (including phenoxy) is 1. The third kappa shape index (κ3) is 2.55. The van der Waals surface area contributed by atoms with Crippen LogP contribution in [-0.4, -0.2) is 30.2 Å². The zero-order chi connectivity index (χ0) is 12.4. The Kier molecular flexibility index (Phi) is 3.57. The van der Waals surface area contributed by atoms with Crippen molar-refractivity contribution in [2.75, 3.05) is 20.2 Å². The number of rotatable bonds is 3. The van der Waals surface area contributed by atoms with Gasteiger partial charge in [-0.3, -0.25) is 4.90 Å². The van der Waals surface area contributed by atoms with Gasteiger partial charge in [-0.15, -0.1) is 0 Å². The molecule has 17 heavy (non-hydrogen) atoms. The molecule has 1 aliphatic heterocycles. The zero-order valence-electron chi connectivity index (χ0n) is 10.8. The summed E-state index contributed by atoms with van der Waals surface area (Å²) in [5.74, 6) is 1.79. The van der Waals surface area contributed by atoms with Crippen molar-refractivity contribution >= 4 is 0 Å². The molecule has 0 aromatic heterocycles. The molecule has 1 heterocycles. The molecule has 1 aliphatic rings. The Balaban J connectivity index is 2.16. The zero-order valence-corrected chi connectivity index (χ0v) is 10.8. The third-order valence-corrected chi connectivity index (χ3v) is 3.69. The minimum absolute atomic E-state index is 0.269. The van der Waals surface area contributed by atoms with E-state index in [-0.39, 0.29) is 6.04 Å². The molecule has 2 atom stereocenters. The van der Waals surface area contributed by atoms with Crippen LogP contribution in [0.3, 0.4) is 0 Å².